The molecule has 68 valence electrons. The van der Waals surface area contributed by atoms with E-state index in [1.165, 1.54) is 14.0 Å². The first-order valence-corrected chi connectivity index (χ1v) is 3.64. The zero-order valence-corrected chi connectivity index (χ0v) is 7.25. The van der Waals surface area contributed by atoms with Gasteiger partial charge in [0.1, 0.15) is 18.0 Å². The fourth-order valence-corrected chi connectivity index (χ4v) is 0.637. The maximum Gasteiger partial charge on any atom is 0.313 e. The van der Waals surface area contributed by atoms with Gasteiger partial charge >= 0.3 is 5.97 Å². The molecule has 0 amide bonds. The van der Waals surface area contributed by atoms with Crippen molar-refractivity contribution >= 4 is 17.5 Å². The minimum Gasteiger partial charge on any atom is -0.469 e. The number of esters is 1. The number of Topliss-reactive ketones (excluding diaryl/α,β-unsaturated/α-hetero) is 2. The molecule has 12 heavy (non-hydrogen) atoms. The summed E-state index contributed by atoms with van der Waals surface area (Å²) in [5, 5.41) is 0. The quantitative estimate of drug-likeness (QED) is 0.447. The molecule has 0 heterocycles. The average Bonchev–Trinajstić information content (AvgIpc) is 2.00. The summed E-state index contributed by atoms with van der Waals surface area (Å²) >= 11 is 0. The predicted octanol–water partition coefficient (Wildman–Crippen LogP) is 0.488. The van der Waals surface area contributed by atoms with Crippen molar-refractivity contribution in [1.29, 1.82) is 0 Å². The van der Waals surface area contributed by atoms with E-state index < -0.39 is 5.97 Å². The summed E-state index contributed by atoms with van der Waals surface area (Å²) in [6, 6.07) is 0. The van der Waals surface area contributed by atoms with Gasteiger partial charge in [0.2, 0.25) is 0 Å². The van der Waals surface area contributed by atoms with Crippen LogP contribution in [0.2, 0.25) is 0 Å². The van der Waals surface area contributed by atoms with Gasteiger partial charge in [-0.2, -0.15) is 0 Å². The minimum atomic E-state index is -0.552. The van der Waals surface area contributed by atoms with Crippen LogP contribution in [0.15, 0.2) is 0 Å². The zero-order valence-electron chi connectivity index (χ0n) is 7.25. The molecule has 0 aromatic heterocycles. The Labute approximate surface area is 70.9 Å². The van der Waals surface area contributed by atoms with E-state index in [1.807, 2.05) is 0 Å². The Morgan fingerprint density at radius 3 is 2.17 bits per heavy atom. The molecular weight excluding hydrogens is 160 g/mol. The van der Waals surface area contributed by atoms with Crippen LogP contribution in [-0.4, -0.2) is 24.6 Å². The average molecular weight is 172 g/mol. The molecule has 0 aliphatic rings. The Hall–Kier alpha value is -1.19. The second-order valence-corrected chi connectivity index (χ2v) is 2.49. The number of methoxy groups -OCH3 is 1. The Balaban J connectivity index is 3.60. The summed E-state index contributed by atoms with van der Waals surface area (Å²) in [6.45, 7) is 1.41. The molecule has 0 fully saturated rings. The van der Waals surface area contributed by atoms with Gasteiger partial charge in [0.15, 0.2) is 0 Å². The van der Waals surface area contributed by atoms with Gasteiger partial charge in [-0.15, -0.1) is 0 Å². The van der Waals surface area contributed by atoms with Crippen molar-refractivity contribution in [3.05, 3.63) is 0 Å². The Morgan fingerprint density at radius 1 is 1.17 bits per heavy atom. The Morgan fingerprint density at radius 2 is 1.75 bits per heavy atom. The second kappa shape index (κ2) is 5.46. The van der Waals surface area contributed by atoms with E-state index in [-0.39, 0.29) is 30.8 Å². The van der Waals surface area contributed by atoms with Crippen molar-refractivity contribution in [2.24, 2.45) is 0 Å². The molecule has 0 saturated carbocycles. The summed E-state index contributed by atoms with van der Waals surface area (Å²) in [5.74, 6) is -0.853. The van der Waals surface area contributed by atoms with Crippen molar-refractivity contribution in [2.75, 3.05) is 7.11 Å². The summed E-state index contributed by atoms with van der Waals surface area (Å²) in [6.07, 6.45) is 0.101. The molecule has 0 radical (unpaired) electrons. The molecular formula is C8H12O4. The van der Waals surface area contributed by atoms with E-state index in [4.69, 9.17) is 0 Å². The lowest BCUT2D eigenvalue weighted by molar-refractivity contribution is -0.143. The second-order valence-electron chi connectivity index (χ2n) is 2.49. The van der Waals surface area contributed by atoms with Gasteiger partial charge in [-0.05, 0) is 6.92 Å². The minimum absolute atomic E-state index is 0.0479. The van der Waals surface area contributed by atoms with E-state index >= 15 is 0 Å². The molecule has 0 N–H and O–H groups in total. The molecule has 4 nitrogen and oxygen atoms in total. The SMILES string of the molecule is COC(=O)CC(=O)CCC(C)=O. The molecule has 0 rings (SSSR count). The molecule has 0 unspecified atom stereocenters. The first kappa shape index (κ1) is 10.8. The summed E-state index contributed by atoms with van der Waals surface area (Å²) in [4.78, 5) is 31.8. The van der Waals surface area contributed by atoms with Gasteiger partial charge in [0, 0.05) is 12.8 Å². The van der Waals surface area contributed by atoms with Crippen LogP contribution in [0, 0.1) is 0 Å². The maximum absolute atomic E-state index is 10.9. The molecule has 0 saturated heterocycles. The largest absolute Gasteiger partial charge is 0.469 e. The van der Waals surface area contributed by atoms with Gasteiger partial charge in [-0.25, -0.2) is 0 Å². The van der Waals surface area contributed by atoms with Crippen LogP contribution in [0.25, 0.3) is 0 Å². The third kappa shape index (κ3) is 5.58. The highest BCUT2D eigenvalue weighted by molar-refractivity contribution is 5.96. The molecule has 4 heteroatoms. The van der Waals surface area contributed by atoms with Crippen LogP contribution in [-0.2, 0) is 19.1 Å². The van der Waals surface area contributed by atoms with E-state index in [2.05, 4.69) is 4.74 Å². The Bertz CT molecular complexity index is 195. The van der Waals surface area contributed by atoms with E-state index in [1.54, 1.807) is 0 Å². The van der Waals surface area contributed by atoms with Gasteiger partial charge in [-0.1, -0.05) is 0 Å². The van der Waals surface area contributed by atoms with Crippen LogP contribution in [0.5, 0.6) is 0 Å². The predicted molar refractivity (Wildman–Crippen MR) is 41.6 cm³/mol. The van der Waals surface area contributed by atoms with Crippen molar-refractivity contribution in [3.63, 3.8) is 0 Å². The van der Waals surface area contributed by atoms with Crippen molar-refractivity contribution in [3.8, 4) is 0 Å². The smallest absolute Gasteiger partial charge is 0.313 e. The molecule has 0 aliphatic carbocycles. The molecule has 0 aromatic carbocycles. The van der Waals surface area contributed by atoms with Crippen molar-refractivity contribution < 1.29 is 19.1 Å². The number of ether oxygens (including phenoxy) is 1. The number of hydrogen-bond acceptors (Lipinski definition) is 4. The summed E-state index contributed by atoms with van der Waals surface area (Å²) < 4.78 is 4.28. The van der Waals surface area contributed by atoms with Crippen molar-refractivity contribution in [1.82, 2.24) is 0 Å². The highest BCUT2D eigenvalue weighted by Gasteiger charge is 2.09. The van der Waals surface area contributed by atoms with Gasteiger partial charge in [-0.3, -0.25) is 9.59 Å². The number of hydrogen-bond donors (Lipinski definition) is 0. The van der Waals surface area contributed by atoms with Crippen LogP contribution in [0.3, 0.4) is 0 Å². The van der Waals surface area contributed by atoms with Crippen molar-refractivity contribution in [2.45, 2.75) is 26.2 Å². The molecule has 0 bridgehead atoms. The topological polar surface area (TPSA) is 60.4 Å². The van der Waals surface area contributed by atoms with Crippen LogP contribution < -0.4 is 0 Å². The first-order valence-electron chi connectivity index (χ1n) is 3.64. The van der Waals surface area contributed by atoms with Crippen LogP contribution >= 0.6 is 0 Å². The van der Waals surface area contributed by atoms with E-state index in [0.717, 1.165) is 0 Å². The van der Waals surface area contributed by atoms with Crippen LogP contribution in [0.4, 0.5) is 0 Å². The monoisotopic (exact) mass is 172 g/mol. The van der Waals surface area contributed by atoms with E-state index in [9.17, 15) is 14.4 Å². The number of carbonyl (C=O) groups is 3. The van der Waals surface area contributed by atoms with E-state index in [0.29, 0.717) is 0 Å². The maximum atomic E-state index is 10.9. The number of rotatable bonds is 5. The number of carbonyl (C=O) groups excluding carboxylic acids is 3. The first-order chi connectivity index (χ1) is 5.56. The summed E-state index contributed by atoms with van der Waals surface area (Å²) in [5.41, 5.74) is 0. The van der Waals surface area contributed by atoms with Gasteiger partial charge in [0.25, 0.3) is 0 Å². The lowest BCUT2D eigenvalue weighted by atomic mass is 10.1. The fraction of sp³-hybridized carbons (Fsp3) is 0.625. The molecule has 0 aliphatic heterocycles. The Kier molecular flexibility index (Phi) is 4.92. The number of ketones is 2. The zero-order chi connectivity index (χ0) is 9.56. The third-order valence-electron chi connectivity index (χ3n) is 1.33. The highest BCUT2D eigenvalue weighted by Crippen LogP contribution is 1.97. The molecule has 0 atom stereocenters. The van der Waals surface area contributed by atoms with Gasteiger partial charge < -0.3 is 9.53 Å². The molecule has 0 spiro atoms. The normalized spacial score (nSPS) is 9.17. The summed E-state index contributed by atoms with van der Waals surface area (Å²) in [7, 11) is 1.22. The standard InChI is InChI=1S/C8H12O4/c1-6(9)3-4-7(10)5-8(11)12-2/h3-5H2,1-2H3. The third-order valence-corrected chi connectivity index (χ3v) is 1.33. The van der Waals surface area contributed by atoms with Crippen LogP contribution in [0.1, 0.15) is 26.2 Å². The highest BCUT2D eigenvalue weighted by atomic mass is 16.5. The van der Waals surface area contributed by atoms with Gasteiger partial charge in [0.05, 0.1) is 7.11 Å². The fourth-order valence-electron chi connectivity index (χ4n) is 0.637. The lowest BCUT2D eigenvalue weighted by Gasteiger charge is -1.96. The molecule has 0 aromatic rings. The lowest BCUT2D eigenvalue weighted by Crippen LogP contribution is -2.10.